The van der Waals surface area contributed by atoms with Crippen molar-refractivity contribution in [2.24, 2.45) is 0 Å². The SMILES string of the molecule is Cc1c2ccc3c1nnn3CCCCCCc1ccc(cc1OC(F)F)C(=O)N1CCc3ccc(cc3C1)[C@@H]2CC(=O)O. The summed E-state index contributed by atoms with van der Waals surface area (Å²) in [7, 11) is 0. The maximum atomic E-state index is 13.6. The second kappa shape index (κ2) is 12.1. The van der Waals surface area contributed by atoms with Crippen LogP contribution in [0.5, 0.6) is 5.75 Å². The molecule has 0 fully saturated rings. The molecule has 43 heavy (non-hydrogen) atoms. The lowest BCUT2D eigenvalue weighted by molar-refractivity contribution is -0.137. The molecule has 0 spiro atoms. The number of benzene rings is 3. The lowest BCUT2D eigenvalue weighted by atomic mass is 9.83. The van der Waals surface area contributed by atoms with E-state index < -0.39 is 18.5 Å². The molecule has 1 atom stereocenters. The van der Waals surface area contributed by atoms with Crippen molar-refractivity contribution in [2.45, 2.75) is 77.5 Å². The number of rotatable bonds is 4. The van der Waals surface area contributed by atoms with Crippen molar-refractivity contribution < 1.29 is 28.2 Å². The van der Waals surface area contributed by atoms with Crippen molar-refractivity contribution in [3.05, 3.63) is 87.5 Å². The summed E-state index contributed by atoms with van der Waals surface area (Å²) in [4.78, 5) is 27.3. The molecule has 8 nitrogen and oxygen atoms in total. The molecule has 10 heteroatoms. The van der Waals surface area contributed by atoms with E-state index in [1.807, 2.05) is 41.9 Å². The number of carbonyl (C=O) groups excluding carboxylic acids is 1. The summed E-state index contributed by atoms with van der Waals surface area (Å²) in [6.45, 7) is 0.493. The average Bonchev–Trinajstić information content (AvgIpc) is 3.40. The predicted molar refractivity (Wildman–Crippen MR) is 156 cm³/mol. The Kier molecular flexibility index (Phi) is 8.10. The quantitative estimate of drug-likeness (QED) is 0.302. The number of nitrogens with zero attached hydrogens (tertiary/aromatic N) is 4. The second-order valence-corrected chi connectivity index (χ2v) is 11.5. The molecule has 4 aromatic rings. The van der Waals surface area contributed by atoms with Crippen molar-refractivity contribution in [3.63, 3.8) is 0 Å². The summed E-state index contributed by atoms with van der Waals surface area (Å²) in [6, 6.07) is 14.8. The number of hydrogen-bond acceptors (Lipinski definition) is 5. The van der Waals surface area contributed by atoms with E-state index in [1.54, 1.807) is 17.0 Å². The van der Waals surface area contributed by atoms with E-state index in [-0.39, 0.29) is 18.1 Å². The van der Waals surface area contributed by atoms with Crippen LogP contribution in [0, 0.1) is 6.92 Å². The van der Waals surface area contributed by atoms with Gasteiger partial charge in [-0.3, -0.25) is 9.59 Å². The molecule has 3 aromatic carbocycles. The monoisotopic (exact) mass is 588 g/mol. The number of carboxylic acid groups (broad SMARTS) is 1. The summed E-state index contributed by atoms with van der Waals surface area (Å²) < 4.78 is 33.4. The van der Waals surface area contributed by atoms with Gasteiger partial charge in [0.1, 0.15) is 11.3 Å². The first-order chi connectivity index (χ1) is 20.8. The van der Waals surface area contributed by atoms with Gasteiger partial charge in [0.2, 0.25) is 0 Å². The first kappa shape index (κ1) is 28.8. The van der Waals surface area contributed by atoms with Crippen molar-refractivity contribution >= 4 is 22.9 Å². The largest absolute Gasteiger partial charge is 0.481 e. The van der Waals surface area contributed by atoms with E-state index in [4.69, 9.17) is 4.74 Å². The molecule has 1 amide bonds. The van der Waals surface area contributed by atoms with Crippen LogP contribution in [0.15, 0.2) is 48.5 Å². The maximum Gasteiger partial charge on any atom is 0.387 e. The van der Waals surface area contributed by atoms with E-state index in [2.05, 4.69) is 10.3 Å². The Morgan fingerprint density at radius 3 is 2.63 bits per heavy atom. The third kappa shape index (κ3) is 5.96. The van der Waals surface area contributed by atoms with Crippen molar-refractivity contribution in [1.82, 2.24) is 19.9 Å². The van der Waals surface area contributed by atoms with Gasteiger partial charge in [0.15, 0.2) is 0 Å². The Morgan fingerprint density at radius 2 is 1.81 bits per heavy atom. The molecule has 0 saturated heterocycles. The lowest BCUT2D eigenvalue weighted by Crippen LogP contribution is -2.36. The Labute approximate surface area is 248 Å². The number of carbonyl (C=O) groups is 2. The second-order valence-electron chi connectivity index (χ2n) is 11.5. The van der Waals surface area contributed by atoms with Crippen LogP contribution in [-0.4, -0.2) is 50.0 Å². The zero-order chi connectivity index (χ0) is 30.1. The van der Waals surface area contributed by atoms with Gasteiger partial charge in [-0.25, -0.2) is 4.68 Å². The highest BCUT2D eigenvalue weighted by molar-refractivity contribution is 5.95. The summed E-state index contributed by atoms with van der Waals surface area (Å²) in [5, 5.41) is 18.7. The number of amides is 1. The molecule has 6 heterocycles. The zero-order valence-corrected chi connectivity index (χ0v) is 24.1. The highest BCUT2D eigenvalue weighted by atomic mass is 19.3. The maximum absolute atomic E-state index is 13.6. The van der Waals surface area contributed by atoms with Gasteiger partial charge in [-0.15, -0.1) is 5.10 Å². The molecule has 0 radical (unpaired) electrons. The number of alkyl halides is 2. The number of aromatic nitrogens is 3. The van der Waals surface area contributed by atoms with E-state index in [1.165, 1.54) is 6.07 Å². The molecule has 224 valence electrons. The van der Waals surface area contributed by atoms with Crippen LogP contribution >= 0.6 is 0 Å². The molecule has 5 aliphatic heterocycles. The Morgan fingerprint density at radius 1 is 1.00 bits per heavy atom. The molecule has 1 aromatic heterocycles. The molecule has 9 bridgehead atoms. The first-order valence-electron chi connectivity index (χ1n) is 14.8. The van der Waals surface area contributed by atoms with Gasteiger partial charge in [-0.2, -0.15) is 8.78 Å². The number of halogens is 2. The van der Waals surface area contributed by atoms with Gasteiger partial charge in [0.05, 0.1) is 11.9 Å². The van der Waals surface area contributed by atoms with E-state index in [9.17, 15) is 23.5 Å². The van der Waals surface area contributed by atoms with Crippen LogP contribution in [0.1, 0.15) is 81.8 Å². The molecule has 0 aliphatic carbocycles. The van der Waals surface area contributed by atoms with Crippen molar-refractivity contribution in [3.8, 4) is 5.75 Å². The molecular weight excluding hydrogens is 554 g/mol. The van der Waals surface area contributed by atoms with Crippen LogP contribution in [-0.2, 0) is 30.7 Å². The summed E-state index contributed by atoms with van der Waals surface area (Å²) >= 11 is 0. The molecule has 5 aliphatic rings. The molecule has 9 rings (SSSR count). The summed E-state index contributed by atoms with van der Waals surface area (Å²) in [5.41, 5.74) is 7.33. The van der Waals surface area contributed by atoms with E-state index >= 15 is 0 Å². The highest BCUT2D eigenvalue weighted by Gasteiger charge is 2.27. The van der Waals surface area contributed by atoms with Crippen LogP contribution < -0.4 is 4.74 Å². The van der Waals surface area contributed by atoms with E-state index in [0.717, 1.165) is 64.5 Å². The van der Waals surface area contributed by atoms with Crippen LogP contribution in [0.25, 0.3) is 11.0 Å². The standard InChI is InChI=1S/C33H34F2N4O4/c1-20-26-11-12-28-31(20)36-37-39(28)14-5-3-2-4-6-22-8-10-24(17-29(22)43-33(34)35)32(42)38-15-13-21-7-9-23(16-25(21)19-38)27(26)18-30(40)41/h7-12,16-17,27,33H,2-6,13-15,18-19H2,1H3,(H,40,41)/t27-/m0/s1. The fourth-order valence-corrected chi connectivity index (χ4v) is 6.49. The number of carboxylic acids is 1. The van der Waals surface area contributed by atoms with Gasteiger partial charge in [-0.05, 0) is 84.2 Å². The zero-order valence-electron chi connectivity index (χ0n) is 24.1. The number of aryl methyl sites for hydroxylation is 3. The summed E-state index contributed by atoms with van der Waals surface area (Å²) in [6.07, 6.45) is 4.60. The van der Waals surface area contributed by atoms with Gasteiger partial charge >= 0.3 is 12.6 Å². The smallest absolute Gasteiger partial charge is 0.387 e. The van der Waals surface area contributed by atoms with Gasteiger partial charge in [0.25, 0.3) is 5.91 Å². The van der Waals surface area contributed by atoms with Crippen LogP contribution in [0.4, 0.5) is 8.78 Å². The Hall–Kier alpha value is -4.34. The first-order valence-corrected chi connectivity index (χ1v) is 14.8. The third-order valence-corrected chi connectivity index (χ3v) is 8.76. The van der Waals surface area contributed by atoms with Gasteiger partial charge in [-0.1, -0.05) is 48.4 Å². The average molecular weight is 589 g/mol. The van der Waals surface area contributed by atoms with Gasteiger partial charge in [0, 0.05) is 31.1 Å². The molecule has 0 saturated carbocycles. The summed E-state index contributed by atoms with van der Waals surface area (Å²) in [5.74, 6) is -1.53. The molecule has 0 unspecified atom stereocenters. The minimum absolute atomic E-state index is 0.0441. The fourth-order valence-electron chi connectivity index (χ4n) is 6.49. The van der Waals surface area contributed by atoms with Crippen molar-refractivity contribution in [2.75, 3.05) is 6.54 Å². The van der Waals surface area contributed by atoms with E-state index in [0.29, 0.717) is 43.6 Å². The molecular formula is C33H34F2N4O4. The van der Waals surface area contributed by atoms with Crippen LogP contribution in [0.2, 0.25) is 0 Å². The van der Waals surface area contributed by atoms with Crippen molar-refractivity contribution in [1.29, 1.82) is 0 Å². The lowest BCUT2D eigenvalue weighted by Gasteiger charge is -2.30. The minimum Gasteiger partial charge on any atom is -0.481 e. The number of aliphatic carboxylic acids is 1. The predicted octanol–water partition coefficient (Wildman–Crippen LogP) is 6.26. The molecule has 1 N–H and O–H groups in total. The third-order valence-electron chi connectivity index (χ3n) is 8.76. The fraction of sp³-hybridized carbons (Fsp3) is 0.394. The van der Waals surface area contributed by atoms with Crippen LogP contribution in [0.3, 0.4) is 0 Å². The number of hydrogen-bond donors (Lipinski definition) is 1. The van der Waals surface area contributed by atoms with Gasteiger partial charge < -0.3 is 14.7 Å². The normalized spacial score (nSPS) is 17.5. The number of ether oxygens (including phenoxy) is 1. The highest BCUT2D eigenvalue weighted by Crippen LogP contribution is 2.36. The topological polar surface area (TPSA) is 97.5 Å². The minimum atomic E-state index is -2.99. The Bertz CT molecular complexity index is 1690. The Balaban J connectivity index is 1.41.